The molecule has 0 spiro atoms. The third kappa shape index (κ3) is 2.85. The van der Waals surface area contributed by atoms with Crippen LogP contribution in [0.5, 0.6) is 0 Å². The monoisotopic (exact) mass is 217 g/mol. The Bertz CT molecular complexity index is 300. The second-order valence-electron chi connectivity index (χ2n) is 5.13. The topological polar surface area (TPSA) is 12.0 Å². The molecule has 0 unspecified atom stereocenters. The third-order valence-electron chi connectivity index (χ3n) is 3.92. The highest BCUT2D eigenvalue weighted by molar-refractivity contribution is 5.18. The molecule has 1 heteroatoms. The van der Waals surface area contributed by atoms with Gasteiger partial charge in [-0.25, -0.2) is 0 Å². The van der Waals surface area contributed by atoms with Crippen molar-refractivity contribution in [1.82, 2.24) is 5.32 Å². The molecule has 1 aromatic carbocycles. The van der Waals surface area contributed by atoms with Crippen LogP contribution in [0.2, 0.25) is 0 Å². The molecule has 1 fully saturated rings. The minimum absolute atomic E-state index is 0.469. The second-order valence-corrected chi connectivity index (χ2v) is 5.13. The maximum absolute atomic E-state index is 3.74. The minimum atomic E-state index is 0.469. The van der Waals surface area contributed by atoms with Crippen LogP contribution in [0.1, 0.15) is 51.1 Å². The molecular weight excluding hydrogens is 194 g/mol. The van der Waals surface area contributed by atoms with Gasteiger partial charge in [0.05, 0.1) is 0 Å². The van der Waals surface area contributed by atoms with Gasteiger partial charge in [0.1, 0.15) is 0 Å². The highest BCUT2D eigenvalue weighted by atomic mass is 14.9. The summed E-state index contributed by atoms with van der Waals surface area (Å²) in [6.07, 6.45) is 5.68. The van der Waals surface area contributed by atoms with E-state index in [1.54, 1.807) is 0 Å². The quantitative estimate of drug-likeness (QED) is 0.806. The zero-order valence-electron chi connectivity index (χ0n) is 10.4. The summed E-state index contributed by atoms with van der Waals surface area (Å²) in [7, 11) is 0. The van der Waals surface area contributed by atoms with Crippen molar-refractivity contribution in [2.45, 2.75) is 51.6 Å². The lowest BCUT2D eigenvalue weighted by Gasteiger charge is -2.25. The van der Waals surface area contributed by atoms with E-state index >= 15 is 0 Å². The third-order valence-corrected chi connectivity index (χ3v) is 3.92. The van der Waals surface area contributed by atoms with Gasteiger partial charge in [0.15, 0.2) is 0 Å². The van der Waals surface area contributed by atoms with Crippen LogP contribution in [-0.4, -0.2) is 6.04 Å². The molecule has 1 aliphatic rings. The summed E-state index contributed by atoms with van der Waals surface area (Å²) in [4.78, 5) is 0. The standard InChI is InChI=1S/C15H23N/c1-12(14-8-4-3-5-9-14)16-13(2)15-10-6-7-11-15/h3-5,8-9,12-13,15-16H,6-7,10-11H2,1-2H3/t12-,13+/m0/s1. The highest BCUT2D eigenvalue weighted by Gasteiger charge is 2.22. The lowest BCUT2D eigenvalue weighted by atomic mass is 9.98. The van der Waals surface area contributed by atoms with Crippen LogP contribution < -0.4 is 5.32 Å². The minimum Gasteiger partial charge on any atom is -0.307 e. The van der Waals surface area contributed by atoms with Crippen molar-refractivity contribution in [2.24, 2.45) is 5.92 Å². The fourth-order valence-electron chi connectivity index (χ4n) is 2.83. The Morgan fingerprint density at radius 3 is 2.31 bits per heavy atom. The number of benzene rings is 1. The first kappa shape index (κ1) is 11.7. The molecular formula is C15H23N. The van der Waals surface area contributed by atoms with Gasteiger partial charge in [0, 0.05) is 12.1 Å². The van der Waals surface area contributed by atoms with E-state index in [0.29, 0.717) is 12.1 Å². The average molecular weight is 217 g/mol. The molecule has 0 heterocycles. The first-order valence-corrected chi connectivity index (χ1v) is 6.58. The molecule has 1 N–H and O–H groups in total. The van der Waals surface area contributed by atoms with Crippen LogP contribution in [0, 0.1) is 5.92 Å². The van der Waals surface area contributed by atoms with Crippen molar-refractivity contribution in [3.8, 4) is 0 Å². The lowest BCUT2D eigenvalue weighted by molar-refractivity contribution is 0.352. The molecule has 1 aliphatic carbocycles. The molecule has 16 heavy (non-hydrogen) atoms. The summed E-state index contributed by atoms with van der Waals surface area (Å²) < 4.78 is 0. The molecule has 0 amide bonds. The Kier molecular flexibility index (Phi) is 4.00. The molecule has 0 aromatic heterocycles. The van der Waals surface area contributed by atoms with Crippen molar-refractivity contribution >= 4 is 0 Å². The SMILES string of the molecule is C[C@H](N[C@H](C)C1CCCC1)c1ccccc1. The Balaban J connectivity index is 1.89. The first-order chi connectivity index (χ1) is 7.77. The fraction of sp³-hybridized carbons (Fsp3) is 0.600. The summed E-state index contributed by atoms with van der Waals surface area (Å²) in [6.45, 7) is 4.61. The van der Waals surface area contributed by atoms with E-state index in [4.69, 9.17) is 0 Å². The van der Waals surface area contributed by atoms with Crippen LogP contribution in [0.4, 0.5) is 0 Å². The molecule has 0 bridgehead atoms. The van der Waals surface area contributed by atoms with Crippen LogP contribution in [0.15, 0.2) is 30.3 Å². The van der Waals surface area contributed by atoms with Crippen molar-refractivity contribution in [2.75, 3.05) is 0 Å². The van der Waals surface area contributed by atoms with Gasteiger partial charge in [-0.2, -0.15) is 0 Å². The summed E-state index contributed by atoms with van der Waals surface area (Å²) >= 11 is 0. The lowest BCUT2D eigenvalue weighted by Crippen LogP contribution is -2.34. The molecule has 1 saturated carbocycles. The Labute approximate surface area is 99.3 Å². The molecule has 88 valence electrons. The molecule has 1 nitrogen and oxygen atoms in total. The van der Waals surface area contributed by atoms with Gasteiger partial charge in [0.25, 0.3) is 0 Å². The second kappa shape index (κ2) is 5.49. The smallest absolute Gasteiger partial charge is 0.0294 e. The van der Waals surface area contributed by atoms with Crippen molar-refractivity contribution in [1.29, 1.82) is 0 Å². The number of hydrogen-bond acceptors (Lipinski definition) is 1. The van der Waals surface area contributed by atoms with Crippen LogP contribution in [0.25, 0.3) is 0 Å². The number of rotatable bonds is 4. The van der Waals surface area contributed by atoms with Crippen molar-refractivity contribution < 1.29 is 0 Å². The Morgan fingerprint density at radius 1 is 1.06 bits per heavy atom. The van der Waals surface area contributed by atoms with Gasteiger partial charge in [-0.05, 0) is 38.2 Å². The normalized spacial score (nSPS) is 20.9. The maximum atomic E-state index is 3.74. The summed E-state index contributed by atoms with van der Waals surface area (Å²) in [5, 5.41) is 3.74. The molecule has 0 radical (unpaired) electrons. The van der Waals surface area contributed by atoms with E-state index in [-0.39, 0.29) is 0 Å². The Hall–Kier alpha value is -0.820. The first-order valence-electron chi connectivity index (χ1n) is 6.58. The van der Waals surface area contributed by atoms with Gasteiger partial charge < -0.3 is 5.32 Å². The summed E-state index contributed by atoms with van der Waals surface area (Å²) in [5.41, 5.74) is 1.40. The fourth-order valence-corrected chi connectivity index (χ4v) is 2.83. The van der Waals surface area contributed by atoms with E-state index in [1.165, 1.54) is 31.2 Å². The van der Waals surface area contributed by atoms with Gasteiger partial charge >= 0.3 is 0 Å². The molecule has 1 aromatic rings. The number of hydrogen-bond donors (Lipinski definition) is 1. The maximum Gasteiger partial charge on any atom is 0.0294 e. The van der Waals surface area contributed by atoms with Crippen LogP contribution in [-0.2, 0) is 0 Å². The van der Waals surface area contributed by atoms with E-state index in [2.05, 4.69) is 49.5 Å². The van der Waals surface area contributed by atoms with E-state index < -0.39 is 0 Å². The summed E-state index contributed by atoms with van der Waals surface area (Å²) in [5.74, 6) is 0.895. The zero-order valence-corrected chi connectivity index (χ0v) is 10.4. The molecule has 2 rings (SSSR count). The Morgan fingerprint density at radius 2 is 1.69 bits per heavy atom. The molecule has 0 aliphatic heterocycles. The largest absolute Gasteiger partial charge is 0.307 e. The van der Waals surface area contributed by atoms with E-state index in [0.717, 1.165) is 5.92 Å². The van der Waals surface area contributed by atoms with Gasteiger partial charge in [-0.15, -0.1) is 0 Å². The zero-order chi connectivity index (χ0) is 11.4. The van der Waals surface area contributed by atoms with E-state index in [1.807, 2.05) is 0 Å². The van der Waals surface area contributed by atoms with Gasteiger partial charge in [-0.1, -0.05) is 43.2 Å². The summed E-state index contributed by atoms with van der Waals surface area (Å²) in [6, 6.07) is 11.9. The molecule has 2 atom stereocenters. The van der Waals surface area contributed by atoms with Gasteiger partial charge in [0.2, 0.25) is 0 Å². The van der Waals surface area contributed by atoms with Crippen molar-refractivity contribution in [3.05, 3.63) is 35.9 Å². The van der Waals surface area contributed by atoms with Crippen molar-refractivity contribution in [3.63, 3.8) is 0 Å². The van der Waals surface area contributed by atoms with Crippen LogP contribution in [0.3, 0.4) is 0 Å². The highest BCUT2D eigenvalue weighted by Crippen LogP contribution is 2.28. The number of nitrogens with one attached hydrogen (secondary N) is 1. The van der Waals surface area contributed by atoms with Gasteiger partial charge in [-0.3, -0.25) is 0 Å². The average Bonchev–Trinajstić information content (AvgIpc) is 2.83. The predicted molar refractivity (Wildman–Crippen MR) is 69.4 cm³/mol. The molecule has 0 saturated heterocycles. The predicted octanol–water partition coefficient (Wildman–Crippen LogP) is 3.92. The van der Waals surface area contributed by atoms with Crippen LogP contribution >= 0.6 is 0 Å². The van der Waals surface area contributed by atoms with E-state index in [9.17, 15) is 0 Å².